The lowest BCUT2D eigenvalue weighted by molar-refractivity contribution is -0.143. The van der Waals surface area contributed by atoms with Gasteiger partial charge in [0.2, 0.25) is 0 Å². The summed E-state index contributed by atoms with van der Waals surface area (Å²) in [6.45, 7) is 2.26. The molecule has 2 heterocycles. The molecule has 7 nitrogen and oxygen atoms in total. The number of aromatic nitrogens is 1. The summed E-state index contributed by atoms with van der Waals surface area (Å²) in [5, 5.41) is 6.14. The minimum Gasteiger partial charge on any atom is -0.497 e. The molecule has 1 aromatic carbocycles. The second-order valence-electron chi connectivity index (χ2n) is 5.71. The molecule has 0 bridgehead atoms. The van der Waals surface area contributed by atoms with Gasteiger partial charge in [-0.2, -0.15) is 0 Å². The maximum absolute atomic E-state index is 12.5. The molecule has 0 radical (unpaired) electrons. The largest absolute Gasteiger partial charge is 0.497 e. The SMILES string of the molecule is COc1cccc([C@H]2CCCN2C(=O)C(=O)Nc2cc(C)on2)c1. The van der Waals surface area contributed by atoms with Crippen LogP contribution in [-0.4, -0.2) is 35.5 Å². The first kappa shape index (κ1) is 16.0. The third-order valence-electron chi connectivity index (χ3n) is 4.06. The smallest absolute Gasteiger partial charge is 0.315 e. The number of nitrogens with zero attached hydrogens (tertiary/aromatic N) is 2. The average Bonchev–Trinajstić information content (AvgIpc) is 3.23. The Labute approximate surface area is 139 Å². The zero-order valence-corrected chi connectivity index (χ0v) is 13.6. The third kappa shape index (κ3) is 3.24. The standard InChI is InChI=1S/C17H19N3O4/c1-11-9-15(19-24-11)18-16(21)17(22)20-8-4-7-14(20)12-5-3-6-13(10-12)23-2/h3,5-6,9-10,14H,4,7-8H2,1-2H3,(H,18,19,21)/t14-/m1/s1. The Morgan fingerprint density at radius 1 is 1.38 bits per heavy atom. The highest BCUT2D eigenvalue weighted by molar-refractivity contribution is 6.39. The summed E-state index contributed by atoms with van der Waals surface area (Å²) in [5.41, 5.74) is 0.963. The Hall–Kier alpha value is -2.83. The molecule has 1 aromatic heterocycles. The molecule has 0 aliphatic carbocycles. The molecule has 2 amide bonds. The minimum absolute atomic E-state index is 0.127. The molecule has 0 unspecified atom stereocenters. The molecule has 7 heteroatoms. The van der Waals surface area contributed by atoms with Gasteiger partial charge in [0, 0.05) is 12.6 Å². The van der Waals surface area contributed by atoms with Crippen molar-refractivity contribution in [3.05, 3.63) is 41.7 Å². The van der Waals surface area contributed by atoms with E-state index in [0.29, 0.717) is 12.3 Å². The van der Waals surface area contributed by atoms with Crippen LogP contribution in [0.2, 0.25) is 0 Å². The van der Waals surface area contributed by atoms with Crippen molar-refractivity contribution in [3.63, 3.8) is 0 Å². The first-order chi connectivity index (χ1) is 11.6. The highest BCUT2D eigenvalue weighted by Crippen LogP contribution is 2.33. The van der Waals surface area contributed by atoms with Gasteiger partial charge < -0.3 is 14.2 Å². The van der Waals surface area contributed by atoms with Gasteiger partial charge in [0.1, 0.15) is 11.5 Å². The predicted octanol–water partition coefficient (Wildman–Crippen LogP) is 2.29. The number of nitrogens with one attached hydrogen (secondary N) is 1. The van der Waals surface area contributed by atoms with E-state index in [4.69, 9.17) is 9.26 Å². The van der Waals surface area contributed by atoms with E-state index in [1.807, 2.05) is 24.3 Å². The van der Waals surface area contributed by atoms with Crippen molar-refractivity contribution in [1.82, 2.24) is 10.1 Å². The predicted molar refractivity (Wildman–Crippen MR) is 86.6 cm³/mol. The molecule has 0 saturated carbocycles. The number of methoxy groups -OCH3 is 1. The van der Waals surface area contributed by atoms with Gasteiger partial charge in [-0.15, -0.1) is 0 Å². The van der Waals surface area contributed by atoms with Crippen LogP contribution < -0.4 is 10.1 Å². The molecule has 126 valence electrons. The van der Waals surface area contributed by atoms with E-state index in [2.05, 4.69) is 10.5 Å². The maximum Gasteiger partial charge on any atom is 0.315 e. The van der Waals surface area contributed by atoms with Crippen LogP contribution in [0.4, 0.5) is 5.82 Å². The van der Waals surface area contributed by atoms with Crippen LogP contribution in [-0.2, 0) is 9.59 Å². The second-order valence-corrected chi connectivity index (χ2v) is 5.71. The topological polar surface area (TPSA) is 84.7 Å². The lowest BCUT2D eigenvalue weighted by Crippen LogP contribution is -2.39. The summed E-state index contributed by atoms with van der Waals surface area (Å²) in [7, 11) is 1.60. The first-order valence-corrected chi connectivity index (χ1v) is 7.77. The van der Waals surface area contributed by atoms with Gasteiger partial charge in [-0.25, -0.2) is 0 Å². The Kier molecular flexibility index (Phi) is 4.50. The summed E-state index contributed by atoms with van der Waals surface area (Å²) in [4.78, 5) is 26.3. The van der Waals surface area contributed by atoms with Crippen molar-refractivity contribution < 1.29 is 18.8 Å². The quantitative estimate of drug-likeness (QED) is 0.873. The maximum atomic E-state index is 12.5. The van der Waals surface area contributed by atoms with Crippen LogP contribution in [0.25, 0.3) is 0 Å². The zero-order valence-electron chi connectivity index (χ0n) is 13.6. The first-order valence-electron chi connectivity index (χ1n) is 7.77. The number of amides is 2. The summed E-state index contributed by atoms with van der Waals surface area (Å²) < 4.78 is 10.1. The van der Waals surface area contributed by atoms with Crippen LogP contribution in [0.3, 0.4) is 0 Å². The average molecular weight is 329 g/mol. The number of anilines is 1. The van der Waals surface area contributed by atoms with E-state index >= 15 is 0 Å². The van der Waals surface area contributed by atoms with E-state index in [1.54, 1.807) is 25.0 Å². The van der Waals surface area contributed by atoms with Crippen molar-refractivity contribution in [1.29, 1.82) is 0 Å². The van der Waals surface area contributed by atoms with Gasteiger partial charge in [-0.3, -0.25) is 14.9 Å². The molecule has 24 heavy (non-hydrogen) atoms. The molecule has 3 rings (SSSR count). The second kappa shape index (κ2) is 6.74. The molecule has 1 atom stereocenters. The lowest BCUT2D eigenvalue weighted by atomic mass is 10.0. The van der Waals surface area contributed by atoms with E-state index in [0.717, 1.165) is 24.2 Å². The molecular formula is C17H19N3O4. The van der Waals surface area contributed by atoms with Crippen LogP contribution in [0, 0.1) is 6.92 Å². The fourth-order valence-electron chi connectivity index (χ4n) is 2.93. The number of ether oxygens (including phenoxy) is 1. The normalized spacial score (nSPS) is 16.9. The van der Waals surface area contributed by atoms with Crippen LogP contribution in [0.1, 0.15) is 30.2 Å². The Balaban J connectivity index is 1.74. The summed E-state index contributed by atoms with van der Waals surface area (Å²) in [6.07, 6.45) is 1.67. The number of aryl methyl sites for hydroxylation is 1. The van der Waals surface area contributed by atoms with Crippen molar-refractivity contribution >= 4 is 17.6 Å². The van der Waals surface area contributed by atoms with E-state index in [9.17, 15) is 9.59 Å². The Bertz CT molecular complexity index is 756. The van der Waals surface area contributed by atoms with Gasteiger partial charge >= 0.3 is 11.8 Å². The summed E-state index contributed by atoms with van der Waals surface area (Å²) >= 11 is 0. The third-order valence-corrected chi connectivity index (χ3v) is 4.06. The van der Waals surface area contributed by atoms with Crippen LogP contribution >= 0.6 is 0 Å². The molecule has 1 N–H and O–H groups in total. The highest BCUT2D eigenvalue weighted by atomic mass is 16.5. The molecule has 1 aliphatic rings. The number of hydrogen-bond acceptors (Lipinski definition) is 5. The number of rotatable bonds is 3. The fraction of sp³-hybridized carbons (Fsp3) is 0.353. The van der Waals surface area contributed by atoms with Crippen molar-refractivity contribution in [2.75, 3.05) is 19.0 Å². The molecule has 1 saturated heterocycles. The van der Waals surface area contributed by atoms with Crippen molar-refractivity contribution in [2.45, 2.75) is 25.8 Å². The van der Waals surface area contributed by atoms with Gasteiger partial charge in [-0.05, 0) is 37.5 Å². The van der Waals surface area contributed by atoms with Gasteiger partial charge in [-0.1, -0.05) is 17.3 Å². The highest BCUT2D eigenvalue weighted by Gasteiger charge is 2.33. The number of likely N-dealkylation sites (tertiary alicyclic amines) is 1. The van der Waals surface area contributed by atoms with Gasteiger partial charge in [0.25, 0.3) is 0 Å². The monoisotopic (exact) mass is 329 g/mol. The number of carbonyl (C=O) groups is 2. The minimum atomic E-state index is -0.710. The summed E-state index contributed by atoms with van der Waals surface area (Å²) in [6, 6.07) is 9.01. The Morgan fingerprint density at radius 3 is 2.92 bits per heavy atom. The van der Waals surface area contributed by atoms with Crippen molar-refractivity contribution in [3.8, 4) is 5.75 Å². The number of benzene rings is 1. The van der Waals surface area contributed by atoms with Gasteiger partial charge in [0.15, 0.2) is 5.82 Å². The molecule has 2 aromatic rings. The zero-order chi connectivity index (χ0) is 17.1. The van der Waals surface area contributed by atoms with Crippen LogP contribution in [0.5, 0.6) is 5.75 Å². The lowest BCUT2D eigenvalue weighted by Gasteiger charge is -2.24. The molecule has 0 spiro atoms. The molecular weight excluding hydrogens is 310 g/mol. The molecule has 1 aliphatic heterocycles. The van der Waals surface area contributed by atoms with E-state index in [-0.39, 0.29) is 11.9 Å². The molecule has 1 fully saturated rings. The fourth-order valence-corrected chi connectivity index (χ4v) is 2.93. The van der Waals surface area contributed by atoms with Gasteiger partial charge in [0.05, 0.1) is 13.2 Å². The number of carbonyl (C=O) groups excluding carboxylic acids is 2. The van der Waals surface area contributed by atoms with E-state index in [1.165, 1.54) is 0 Å². The number of hydrogen-bond donors (Lipinski definition) is 1. The van der Waals surface area contributed by atoms with Crippen molar-refractivity contribution in [2.24, 2.45) is 0 Å². The Morgan fingerprint density at radius 2 is 2.21 bits per heavy atom. The summed E-state index contributed by atoms with van der Waals surface area (Å²) in [5.74, 6) is 0.254. The van der Waals surface area contributed by atoms with E-state index < -0.39 is 11.8 Å². The van der Waals surface area contributed by atoms with Crippen LogP contribution in [0.15, 0.2) is 34.9 Å².